The van der Waals surface area contributed by atoms with Crippen LogP contribution in [0.15, 0.2) is 41.6 Å². The molecule has 33 heavy (non-hydrogen) atoms. The molecule has 2 aromatic heterocycles. The largest absolute Gasteiger partial charge is 0.481 e. The lowest BCUT2D eigenvalue weighted by Crippen LogP contribution is -2.40. The van der Waals surface area contributed by atoms with Gasteiger partial charge in [0.1, 0.15) is 0 Å². The SMILES string of the molecule is COc1ncc(-c2ccc3ncn(C4CCN(C(C)C)CC4)c(=O)c3c2)cc1CS(C)(=O)=O. The van der Waals surface area contributed by atoms with Gasteiger partial charge in [-0.1, -0.05) is 6.07 Å². The normalized spacial score (nSPS) is 15.9. The Labute approximate surface area is 194 Å². The van der Waals surface area contributed by atoms with Crippen LogP contribution in [0.4, 0.5) is 0 Å². The number of methoxy groups -OCH3 is 1. The van der Waals surface area contributed by atoms with Crippen LogP contribution in [0.3, 0.4) is 0 Å². The lowest BCUT2D eigenvalue weighted by atomic mass is 10.0. The number of ether oxygens (including phenoxy) is 1. The molecule has 4 rings (SSSR count). The van der Waals surface area contributed by atoms with Crippen LogP contribution in [0.1, 0.15) is 38.3 Å². The predicted octanol–water partition coefficient (Wildman–Crippen LogP) is 3.06. The highest BCUT2D eigenvalue weighted by atomic mass is 32.2. The fraction of sp³-hybridized carbons (Fsp3) is 0.458. The van der Waals surface area contributed by atoms with E-state index in [1.165, 1.54) is 13.4 Å². The van der Waals surface area contributed by atoms with E-state index in [1.807, 2.05) is 18.2 Å². The third-order valence-corrected chi connectivity index (χ3v) is 7.11. The number of aromatic nitrogens is 3. The molecule has 0 N–H and O–H groups in total. The number of rotatable bonds is 6. The Kier molecular flexibility index (Phi) is 6.54. The van der Waals surface area contributed by atoms with Crippen molar-refractivity contribution in [2.45, 2.75) is 44.5 Å². The summed E-state index contributed by atoms with van der Waals surface area (Å²) < 4.78 is 30.7. The summed E-state index contributed by atoms with van der Waals surface area (Å²) in [5.41, 5.74) is 2.56. The van der Waals surface area contributed by atoms with Crippen LogP contribution in [0, 0.1) is 0 Å². The van der Waals surface area contributed by atoms with Gasteiger partial charge in [-0.2, -0.15) is 0 Å². The van der Waals surface area contributed by atoms with Crippen LogP contribution in [-0.4, -0.2) is 60.3 Å². The number of nitrogens with zero attached hydrogens (tertiary/aromatic N) is 4. The zero-order valence-corrected chi connectivity index (χ0v) is 20.3. The summed E-state index contributed by atoms with van der Waals surface area (Å²) in [6.45, 7) is 6.32. The lowest BCUT2D eigenvalue weighted by molar-refractivity contribution is 0.150. The molecule has 0 saturated carbocycles. The molecule has 0 aliphatic carbocycles. The Morgan fingerprint density at radius 3 is 2.48 bits per heavy atom. The zero-order chi connectivity index (χ0) is 23.8. The van der Waals surface area contributed by atoms with Gasteiger partial charge in [-0.15, -0.1) is 0 Å². The second-order valence-corrected chi connectivity index (χ2v) is 11.2. The standard InChI is InChI=1S/C24H30N4O4S/c1-16(2)27-9-7-20(8-10-27)28-15-26-22-6-5-17(12-21(22)24(28)29)18-11-19(14-33(4,30)31)23(32-3)25-13-18/h5-6,11-13,15-16,20H,7-10,14H2,1-4H3. The molecule has 0 atom stereocenters. The van der Waals surface area contributed by atoms with Crippen LogP contribution in [-0.2, 0) is 15.6 Å². The van der Waals surface area contributed by atoms with Crippen molar-refractivity contribution in [1.29, 1.82) is 0 Å². The summed E-state index contributed by atoms with van der Waals surface area (Å²) in [6, 6.07) is 7.90. The third kappa shape index (κ3) is 5.09. The first-order valence-electron chi connectivity index (χ1n) is 11.1. The van der Waals surface area contributed by atoms with E-state index in [4.69, 9.17) is 4.74 Å². The molecule has 0 amide bonds. The van der Waals surface area contributed by atoms with Crippen LogP contribution in [0.25, 0.3) is 22.0 Å². The van der Waals surface area contributed by atoms with E-state index < -0.39 is 9.84 Å². The summed E-state index contributed by atoms with van der Waals surface area (Å²) in [4.78, 5) is 24.6. The number of hydrogen-bond acceptors (Lipinski definition) is 7. The van der Waals surface area contributed by atoms with Crippen LogP contribution < -0.4 is 10.3 Å². The average molecular weight is 471 g/mol. The van der Waals surface area contributed by atoms with E-state index in [2.05, 4.69) is 28.7 Å². The van der Waals surface area contributed by atoms with Gasteiger partial charge in [-0.25, -0.2) is 18.4 Å². The van der Waals surface area contributed by atoms with Gasteiger partial charge in [0.25, 0.3) is 5.56 Å². The van der Waals surface area contributed by atoms with E-state index in [-0.39, 0.29) is 23.2 Å². The molecule has 1 aromatic carbocycles. The maximum absolute atomic E-state index is 13.4. The van der Waals surface area contributed by atoms with Gasteiger partial charge in [0.2, 0.25) is 5.88 Å². The molecule has 0 spiro atoms. The van der Waals surface area contributed by atoms with Crippen LogP contribution in [0.5, 0.6) is 5.88 Å². The molecule has 1 aliphatic heterocycles. The number of benzene rings is 1. The van der Waals surface area contributed by atoms with E-state index in [0.29, 0.717) is 22.5 Å². The maximum atomic E-state index is 13.4. The Balaban J connectivity index is 1.70. The van der Waals surface area contributed by atoms with Crippen molar-refractivity contribution in [3.8, 4) is 17.0 Å². The summed E-state index contributed by atoms with van der Waals surface area (Å²) in [6.07, 6.45) is 6.31. The van der Waals surface area contributed by atoms with Crippen LogP contribution >= 0.6 is 0 Å². The maximum Gasteiger partial charge on any atom is 0.261 e. The molecule has 3 aromatic rings. The molecule has 1 aliphatic rings. The van der Waals surface area contributed by atoms with E-state index in [9.17, 15) is 13.2 Å². The van der Waals surface area contributed by atoms with E-state index >= 15 is 0 Å². The molecule has 1 saturated heterocycles. The first kappa shape index (κ1) is 23.4. The molecule has 176 valence electrons. The highest BCUT2D eigenvalue weighted by Crippen LogP contribution is 2.28. The minimum atomic E-state index is -3.26. The van der Waals surface area contributed by atoms with Gasteiger partial charge < -0.3 is 9.64 Å². The van der Waals surface area contributed by atoms with Gasteiger partial charge in [0.15, 0.2) is 9.84 Å². The molecular formula is C24H30N4O4S. The summed E-state index contributed by atoms with van der Waals surface area (Å²) >= 11 is 0. The second-order valence-electron chi connectivity index (χ2n) is 9.01. The van der Waals surface area contributed by atoms with E-state index in [1.54, 1.807) is 23.2 Å². The minimum absolute atomic E-state index is 0.0531. The van der Waals surface area contributed by atoms with Gasteiger partial charge in [0.05, 0.1) is 30.1 Å². The number of pyridine rings is 1. The first-order chi connectivity index (χ1) is 15.7. The van der Waals surface area contributed by atoms with Crippen molar-refractivity contribution in [3.63, 3.8) is 0 Å². The number of hydrogen-bond donors (Lipinski definition) is 0. The third-order valence-electron chi connectivity index (χ3n) is 6.28. The molecular weight excluding hydrogens is 440 g/mol. The summed E-state index contributed by atoms with van der Waals surface area (Å²) in [5, 5.41) is 0.543. The van der Waals surface area contributed by atoms with Gasteiger partial charge >= 0.3 is 0 Å². The van der Waals surface area contributed by atoms with Crippen molar-refractivity contribution in [3.05, 3.63) is 52.7 Å². The fourth-order valence-corrected chi connectivity index (χ4v) is 5.25. The Morgan fingerprint density at radius 2 is 1.85 bits per heavy atom. The van der Waals surface area contributed by atoms with Crippen molar-refractivity contribution in [1.82, 2.24) is 19.4 Å². The molecule has 1 fully saturated rings. The smallest absolute Gasteiger partial charge is 0.261 e. The van der Waals surface area contributed by atoms with E-state index in [0.717, 1.165) is 37.1 Å². The Bertz CT molecular complexity index is 1330. The quantitative estimate of drug-likeness (QED) is 0.546. The number of piperidine rings is 1. The van der Waals surface area contributed by atoms with Gasteiger partial charge in [-0.3, -0.25) is 9.36 Å². The van der Waals surface area contributed by atoms with Gasteiger partial charge in [0, 0.05) is 48.8 Å². The fourth-order valence-electron chi connectivity index (χ4n) is 4.48. The molecule has 8 nitrogen and oxygen atoms in total. The number of fused-ring (bicyclic) bond motifs is 1. The zero-order valence-electron chi connectivity index (χ0n) is 19.5. The van der Waals surface area contributed by atoms with Crippen molar-refractivity contribution >= 4 is 20.7 Å². The minimum Gasteiger partial charge on any atom is -0.481 e. The van der Waals surface area contributed by atoms with Gasteiger partial charge in [-0.05, 0) is 50.5 Å². The highest BCUT2D eigenvalue weighted by molar-refractivity contribution is 7.89. The Morgan fingerprint density at radius 1 is 1.12 bits per heavy atom. The second kappa shape index (κ2) is 9.23. The molecule has 0 unspecified atom stereocenters. The number of likely N-dealkylation sites (tertiary alicyclic amines) is 1. The van der Waals surface area contributed by atoms with Crippen molar-refractivity contribution in [2.24, 2.45) is 0 Å². The molecule has 0 radical (unpaired) electrons. The number of sulfone groups is 1. The molecule has 3 heterocycles. The average Bonchev–Trinajstić information content (AvgIpc) is 2.78. The summed E-state index contributed by atoms with van der Waals surface area (Å²) in [5.74, 6) is 0.107. The lowest BCUT2D eigenvalue weighted by Gasteiger charge is -2.35. The molecule has 0 bridgehead atoms. The monoisotopic (exact) mass is 470 g/mol. The Hall–Kier alpha value is -2.78. The summed E-state index contributed by atoms with van der Waals surface area (Å²) in [7, 11) is -1.80. The predicted molar refractivity (Wildman–Crippen MR) is 129 cm³/mol. The first-order valence-corrected chi connectivity index (χ1v) is 13.2. The highest BCUT2D eigenvalue weighted by Gasteiger charge is 2.23. The van der Waals surface area contributed by atoms with Crippen molar-refractivity contribution < 1.29 is 13.2 Å². The molecule has 9 heteroatoms. The van der Waals surface area contributed by atoms with Crippen LogP contribution in [0.2, 0.25) is 0 Å². The van der Waals surface area contributed by atoms with Crippen molar-refractivity contribution in [2.75, 3.05) is 26.5 Å². The topological polar surface area (TPSA) is 94.4 Å².